The van der Waals surface area contributed by atoms with Gasteiger partial charge in [-0.05, 0) is 69.4 Å². The molecule has 0 saturated heterocycles. The summed E-state index contributed by atoms with van der Waals surface area (Å²) in [7, 11) is 1.61. The van der Waals surface area contributed by atoms with Crippen LogP contribution in [0.1, 0.15) is 54.7 Å². The van der Waals surface area contributed by atoms with Crippen LogP contribution in [0.4, 0.5) is 15.9 Å². The third-order valence-electron chi connectivity index (χ3n) is 6.36. The van der Waals surface area contributed by atoms with Crippen LogP contribution >= 0.6 is 0 Å². The number of aliphatic carboxylic acids is 1. The van der Waals surface area contributed by atoms with Gasteiger partial charge < -0.3 is 20.9 Å². The number of allylic oxidation sites excluding steroid dienone is 2. The molecule has 1 aromatic heterocycles. The SMILES string of the molecule is COc1cc2nc(C)nc(N[C@@H](C)c3cc(N)cc(C)c3F)c2cc1C1=CCC(C(=O)O)CC1. The maximum absolute atomic E-state index is 14.8. The van der Waals surface area contributed by atoms with Gasteiger partial charge in [-0.25, -0.2) is 14.4 Å². The zero-order valence-electron chi connectivity index (χ0n) is 19.8. The van der Waals surface area contributed by atoms with Crippen LogP contribution in [0.5, 0.6) is 5.75 Å². The largest absolute Gasteiger partial charge is 0.496 e. The van der Waals surface area contributed by atoms with Gasteiger partial charge >= 0.3 is 5.97 Å². The summed E-state index contributed by atoms with van der Waals surface area (Å²) in [6.45, 7) is 5.36. The fourth-order valence-corrected chi connectivity index (χ4v) is 4.53. The lowest BCUT2D eigenvalue weighted by molar-refractivity contribution is -0.141. The Labute approximate surface area is 197 Å². The van der Waals surface area contributed by atoms with Crippen LogP contribution in [-0.4, -0.2) is 28.2 Å². The van der Waals surface area contributed by atoms with Gasteiger partial charge in [0.1, 0.15) is 23.2 Å². The van der Waals surface area contributed by atoms with Crippen molar-refractivity contribution < 1.29 is 19.0 Å². The van der Waals surface area contributed by atoms with Gasteiger partial charge in [0.15, 0.2) is 0 Å². The van der Waals surface area contributed by atoms with Crippen molar-refractivity contribution in [1.29, 1.82) is 0 Å². The Morgan fingerprint density at radius 1 is 1.26 bits per heavy atom. The molecule has 0 saturated carbocycles. The van der Waals surface area contributed by atoms with E-state index in [2.05, 4.69) is 15.3 Å². The number of anilines is 2. The Hall–Kier alpha value is -3.68. The van der Waals surface area contributed by atoms with E-state index < -0.39 is 12.0 Å². The molecule has 4 N–H and O–H groups in total. The fourth-order valence-electron chi connectivity index (χ4n) is 4.53. The number of carboxylic acid groups (broad SMARTS) is 1. The van der Waals surface area contributed by atoms with Gasteiger partial charge in [-0.1, -0.05) is 6.08 Å². The van der Waals surface area contributed by atoms with E-state index in [9.17, 15) is 14.3 Å². The lowest BCUT2D eigenvalue weighted by atomic mass is 9.86. The molecular weight excluding hydrogens is 435 g/mol. The molecule has 0 bridgehead atoms. The fraction of sp³-hybridized carbons (Fsp3) is 0.346. The summed E-state index contributed by atoms with van der Waals surface area (Å²) >= 11 is 0. The van der Waals surface area contributed by atoms with Gasteiger partial charge in [0.25, 0.3) is 0 Å². The number of hydrogen-bond donors (Lipinski definition) is 3. The maximum atomic E-state index is 14.8. The molecule has 0 radical (unpaired) electrons. The number of nitrogens with zero attached hydrogens (tertiary/aromatic N) is 2. The summed E-state index contributed by atoms with van der Waals surface area (Å²) in [5, 5.41) is 13.4. The number of nitrogen functional groups attached to an aromatic ring is 1. The van der Waals surface area contributed by atoms with Crippen LogP contribution in [-0.2, 0) is 4.79 Å². The number of carbonyl (C=O) groups is 1. The van der Waals surface area contributed by atoms with E-state index in [4.69, 9.17) is 10.5 Å². The summed E-state index contributed by atoms with van der Waals surface area (Å²) in [5.74, 6) is 0.389. The lowest BCUT2D eigenvalue weighted by Crippen LogP contribution is -2.16. The number of aromatic nitrogens is 2. The maximum Gasteiger partial charge on any atom is 0.306 e. The predicted octanol–water partition coefficient (Wildman–Crippen LogP) is 5.42. The van der Waals surface area contributed by atoms with Gasteiger partial charge in [-0.2, -0.15) is 0 Å². The van der Waals surface area contributed by atoms with Gasteiger partial charge in [0, 0.05) is 28.3 Å². The first-order valence-electron chi connectivity index (χ1n) is 11.3. The number of hydrogen-bond acceptors (Lipinski definition) is 6. The Kier molecular flexibility index (Phi) is 6.41. The van der Waals surface area contributed by atoms with E-state index in [0.29, 0.717) is 59.0 Å². The number of aryl methyl sites for hydroxylation is 2. The van der Waals surface area contributed by atoms with Crippen molar-refractivity contribution in [2.24, 2.45) is 5.92 Å². The normalized spacial score (nSPS) is 16.7. The number of nitrogens with two attached hydrogens (primary N) is 1. The van der Waals surface area contributed by atoms with Crippen molar-refractivity contribution >= 4 is 34.0 Å². The molecule has 0 fully saturated rings. The molecule has 2 aromatic carbocycles. The lowest BCUT2D eigenvalue weighted by Gasteiger charge is -2.22. The van der Waals surface area contributed by atoms with Crippen LogP contribution in [0.3, 0.4) is 0 Å². The Morgan fingerprint density at radius 2 is 2.03 bits per heavy atom. The minimum Gasteiger partial charge on any atom is -0.496 e. The number of methoxy groups -OCH3 is 1. The predicted molar refractivity (Wildman–Crippen MR) is 131 cm³/mol. The van der Waals surface area contributed by atoms with Crippen molar-refractivity contribution in [2.75, 3.05) is 18.2 Å². The summed E-state index contributed by atoms with van der Waals surface area (Å²) in [6, 6.07) is 6.69. The van der Waals surface area contributed by atoms with Crippen LogP contribution in [0.25, 0.3) is 16.5 Å². The standard InChI is InChI=1S/C26H29FN4O3/c1-13-9-18(28)10-19(24(13)27)14(2)29-25-21-11-20(16-5-7-17(8-6-16)26(32)33)23(34-4)12-22(21)30-15(3)31-25/h5,9-12,14,17H,6-8,28H2,1-4H3,(H,32,33)(H,29,30,31)/t14-,17?/m0/s1. The summed E-state index contributed by atoms with van der Waals surface area (Å²) in [4.78, 5) is 20.5. The molecule has 4 rings (SSSR count). The summed E-state index contributed by atoms with van der Waals surface area (Å²) in [5.41, 5.74) is 10.0. The van der Waals surface area contributed by atoms with Gasteiger partial charge in [0.05, 0.1) is 24.6 Å². The van der Waals surface area contributed by atoms with E-state index in [-0.39, 0.29) is 11.7 Å². The highest BCUT2D eigenvalue weighted by atomic mass is 19.1. The molecule has 34 heavy (non-hydrogen) atoms. The average Bonchev–Trinajstić information content (AvgIpc) is 2.80. The molecule has 1 aliphatic carbocycles. The molecular formula is C26H29FN4O3. The van der Waals surface area contributed by atoms with Crippen molar-refractivity contribution in [3.8, 4) is 5.75 Å². The monoisotopic (exact) mass is 464 g/mol. The minimum atomic E-state index is -0.769. The second kappa shape index (κ2) is 9.29. The number of fused-ring (bicyclic) bond motifs is 1. The van der Waals surface area contributed by atoms with Gasteiger partial charge in [0.2, 0.25) is 0 Å². The molecule has 0 spiro atoms. The molecule has 0 amide bonds. The minimum absolute atomic E-state index is 0.299. The van der Waals surface area contributed by atoms with Crippen molar-refractivity contribution in [3.05, 3.63) is 58.7 Å². The molecule has 1 aliphatic rings. The first-order chi connectivity index (χ1) is 16.2. The zero-order valence-corrected chi connectivity index (χ0v) is 19.8. The highest BCUT2D eigenvalue weighted by Crippen LogP contribution is 2.39. The van der Waals surface area contributed by atoms with Crippen LogP contribution in [0.15, 0.2) is 30.3 Å². The van der Waals surface area contributed by atoms with Crippen molar-refractivity contribution in [2.45, 2.75) is 46.1 Å². The third kappa shape index (κ3) is 4.53. The van der Waals surface area contributed by atoms with Crippen molar-refractivity contribution in [1.82, 2.24) is 9.97 Å². The topological polar surface area (TPSA) is 110 Å². The third-order valence-corrected chi connectivity index (χ3v) is 6.36. The molecule has 1 unspecified atom stereocenters. The second-order valence-corrected chi connectivity index (χ2v) is 8.84. The Bertz CT molecular complexity index is 1310. The molecule has 8 heteroatoms. The molecule has 178 valence electrons. The number of nitrogens with one attached hydrogen (secondary N) is 1. The highest BCUT2D eigenvalue weighted by molar-refractivity contribution is 5.94. The molecule has 0 aliphatic heterocycles. The Morgan fingerprint density at radius 3 is 2.68 bits per heavy atom. The van der Waals surface area contributed by atoms with E-state index >= 15 is 0 Å². The van der Waals surface area contributed by atoms with E-state index in [1.165, 1.54) is 0 Å². The molecule has 7 nitrogen and oxygen atoms in total. The smallest absolute Gasteiger partial charge is 0.306 e. The number of carboxylic acids is 1. The molecule has 3 aromatic rings. The number of ether oxygens (including phenoxy) is 1. The number of rotatable bonds is 6. The van der Waals surface area contributed by atoms with Gasteiger partial charge in [-0.15, -0.1) is 0 Å². The second-order valence-electron chi connectivity index (χ2n) is 8.84. The van der Waals surface area contributed by atoms with E-state index in [1.54, 1.807) is 33.1 Å². The number of benzene rings is 2. The highest BCUT2D eigenvalue weighted by Gasteiger charge is 2.24. The summed E-state index contributed by atoms with van der Waals surface area (Å²) < 4.78 is 20.5. The summed E-state index contributed by atoms with van der Waals surface area (Å²) in [6.07, 6.45) is 3.66. The Balaban J connectivity index is 1.77. The zero-order chi connectivity index (χ0) is 24.6. The van der Waals surface area contributed by atoms with E-state index in [0.717, 1.165) is 16.5 Å². The molecule has 2 atom stereocenters. The average molecular weight is 465 g/mol. The van der Waals surface area contributed by atoms with Crippen LogP contribution < -0.4 is 15.8 Å². The van der Waals surface area contributed by atoms with Gasteiger partial charge in [-0.3, -0.25) is 4.79 Å². The first-order valence-corrected chi connectivity index (χ1v) is 11.3. The van der Waals surface area contributed by atoms with Crippen LogP contribution in [0, 0.1) is 25.6 Å². The molecule has 1 heterocycles. The quantitative estimate of drug-likeness (QED) is 0.418. The van der Waals surface area contributed by atoms with E-state index in [1.807, 2.05) is 25.1 Å². The van der Waals surface area contributed by atoms with Crippen molar-refractivity contribution in [3.63, 3.8) is 0 Å². The first kappa shape index (κ1) is 23.5. The van der Waals surface area contributed by atoms with Crippen LogP contribution in [0.2, 0.25) is 0 Å². The number of halogens is 1.